The summed E-state index contributed by atoms with van der Waals surface area (Å²) in [6, 6.07) is 9.96. The summed E-state index contributed by atoms with van der Waals surface area (Å²) in [6.07, 6.45) is 0.709. The SMILES string of the molecule is CCc1cccc(CC)c1NC(=O)CN1C(=O)C(C(C)C)Oc2cc([N+](=O)[O-])ccc21. The van der Waals surface area contributed by atoms with Crippen LogP contribution in [0.25, 0.3) is 0 Å². The predicted molar refractivity (Wildman–Crippen MR) is 119 cm³/mol. The third-order valence-electron chi connectivity index (χ3n) is 5.38. The molecule has 8 nitrogen and oxygen atoms in total. The predicted octanol–water partition coefficient (Wildman–Crippen LogP) is 4.11. The lowest BCUT2D eigenvalue weighted by Gasteiger charge is -2.35. The van der Waals surface area contributed by atoms with Crippen molar-refractivity contribution < 1.29 is 19.2 Å². The molecule has 0 spiro atoms. The maximum absolute atomic E-state index is 13.1. The summed E-state index contributed by atoms with van der Waals surface area (Å²) >= 11 is 0. The number of nitrogens with one attached hydrogen (secondary N) is 1. The Morgan fingerprint density at radius 3 is 2.39 bits per heavy atom. The van der Waals surface area contributed by atoms with Crippen molar-refractivity contribution in [3.05, 3.63) is 57.6 Å². The zero-order valence-electron chi connectivity index (χ0n) is 18.2. The van der Waals surface area contributed by atoms with Gasteiger partial charge in [-0.1, -0.05) is 45.9 Å². The molecule has 31 heavy (non-hydrogen) atoms. The molecule has 0 aliphatic carbocycles. The van der Waals surface area contributed by atoms with E-state index in [0.29, 0.717) is 5.69 Å². The summed E-state index contributed by atoms with van der Waals surface area (Å²) in [7, 11) is 0. The van der Waals surface area contributed by atoms with Gasteiger partial charge in [-0.05, 0) is 36.0 Å². The van der Waals surface area contributed by atoms with E-state index in [9.17, 15) is 19.7 Å². The molecule has 2 aromatic carbocycles. The topological polar surface area (TPSA) is 102 Å². The normalized spacial score (nSPS) is 15.5. The number of aryl methyl sites for hydroxylation is 2. The van der Waals surface area contributed by atoms with Gasteiger partial charge in [0.15, 0.2) is 11.9 Å². The van der Waals surface area contributed by atoms with Crippen molar-refractivity contribution in [2.75, 3.05) is 16.8 Å². The Hall–Kier alpha value is -3.42. The summed E-state index contributed by atoms with van der Waals surface area (Å²) < 4.78 is 5.77. The fourth-order valence-corrected chi connectivity index (χ4v) is 3.70. The zero-order chi connectivity index (χ0) is 22.7. The van der Waals surface area contributed by atoms with Crippen molar-refractivity contribution in [3.8, 4) is 5.75 Å². The Balaban J connectivity index is 1.92. The first-order valence-corrected chi connectivity index (χ1v) is 10.4. The molecule has 1 heterocycles. The number of para-hydroxylation sites is 1. The van der Waals surface area contributed by atoms with E-state index in [1.807, 2.05) is 45.9 Å². The number of carbonyl (C=O) groups is 2. The number of amides is 2. The molecule has 0 saturated heterocycles. The maximum Gasteiger partial charge on any atom is 0.273 e. The van der Waals surface area contributed by atoms with Crippen LogP contribution in [0.4, 0.5) is 17.1 Å². The molecular weight excluding hydrogens is 398 g/mol. The molecule has 0 radical (unpaired) electrons. The molecule has 3 rings (SSSR count). The van der Waals surface area contributed by atoms with Gasteiger partial charge in [-0.15, -0.1) is 0 Å². The third kappa shape index (κ3) is 4.52. The molecule has 0 bridgehead atoms. The number of anilines is 2. The average molecular weight is 425 g/mol. The van der Waals surface area contributed by atoms with E-state index >= 15 is 0 Å². The van der Waals surface area contributed by atoms with Gasteiger partial charge in [0.25, 0.3) is 11.6 Å². The molecule has 164 valence electrons. The summed E-state index contributed by atoms with van der Waals surface area (Å²) in [4.78, 5) is 38.0. The van der Waals surface area contributed by atoms with Crippen molar-refractivity contribution in [1.29, 1.82) is 0 Å². The Bertz CT molecular complexity index is 996. The quantitative estimate of drug-likeness (QED) is 0.531. The summed E-state index contributed by atoms with van der Waals surface area (Å²) in [5.74, 6) is -0.620. The smallest absolute Gasteiger partial charge is 0.273 e. The van der Waals surface area contributed by atoms with Crippen LogP contribution in [-0.4, -0.2) is 29.4 Å². The molecule has 8 heteroatoms. The number of carbonyl (C=O) groups excluding carboxylic acids is 2. The highest BCUT2D eigenvalue weighted by atomic mass is 16.6. The van der Waals surface area contributed by atoms with Crippen LogP contribution in [0.1, 0.15) is 38.8 Å². The first-order valence-electron chi connectivity index (χ1n) is 10.4. The lowest BCUT2D eigenvalue weighted by Crippen LogP contribution is -2.50. The Morgan fingerprint density at radius 1 is 1.19 bits per heavy atom. The largest absolute Gasteiger partial charge is 0.478 e. The van der Waals surface area contributed by atoms with Crippen LogP contribution in [0, 0.1) is 16.0 Å². The number of nitro groups is 1. The van der Waals surface area contributed by atoms with Crippen LogP contribution in [0.15, 0.2) is 36.4 Å². The number of nitrogens with zero attached hydrogens (tertiary/aromatic N) is 2. The molecule has 1 N–H and O–H groups in total. The molecule has 1 aliphatic heterocycles. The van der Waals surface area contributed by atoms with Gasteiger partial charge in [0, 0.05) is 11.8 Å². The lowest BCUT2D eigenvalue weighted by molar-refractivity contribution is -0.384. The molecule has 1 unspecified atom stereocenters. The van der Waals surface area contributed by atoms with E-state index in [4.69, 9.17) is 4.74 Å². The second-order valence-corrected chi connectivity index (χ2v) is 7.82. The summed E-state index contributed by atoms with van der Waals surface area (Å²) in [5, 5.41) is 14.1. The Labute approximate surface area is 181 Å². The molecule has 1 atom stereocenters. The maximum atomic E-state index is 13.1. The van der Waals surface area contributed by atoms with Gasteiger partial charge in [-0.25, -0.2) is 0 Å². The first kappa shape index (κ1) is 22.3. The van der Waals surface area contributed by atoms with Gasteiger partial charge in [0.1, 0.15) is 6.54 Å². The van der Waals surface area contributed by atoms with Crippen LogP contribution in [0.2, 0.25) is 0 Å². The van der Waals surface area contributed by atoms with Gasteiger partial charge in [-0.3, -0.25) is 24.6 Å². The van der Waals surface area contributed by atoms with Gasteiger partial charge in [0.05, 0.1) is 16.7 Å². The second kappa shape index (κ2) is 9.16. The number of ether oxygens (including phenoxy) is 1. The highest BCUT2D eigenvalue weighted by Crippen LogP contribution is 2.38. The summed E-state index contributed by atoms with van der Waals surface area (Å²) in [6.45, 7) is 7.48. The minimum atomic E-state index is -0.823. The molecule has 2 amide bonds. The number of fused-ring (bicyclic) bond motifs is 1. The summed E-state index contributed by atoms with van der Waals surface area (Å²) in [5.41, 5.74) is 3.04. The van der Waals surface area contributed by atoms with Crippen LogP contribution in [-0.2, 0) is 22.4 Å². The number of nitro benzene ring substituents is 1. The van der Waals surface area contributed by atoms with Gasteiger partial charge in [-0.2, -0.15) is 0 Å². The highest BCUT2D eigenvalue weighted by molar-refractivity contribution is 6.06. The number of hydrogen-bond donors (Lipinski definition) is 1. The van der Waals surface area contributed by atoms with Gasteiger partial charge in [0.2, 0.25) is 5.91 Å². The number of benzene rings is 2. The lowest BCUT2D eigenvalue weighted by atomic mass is 10.0. The first-order chi connectivity index (χ1) is 14.8. The highest BCUT2D eigenvalue weighted by Gasteiger charge is 2.38. The van der Waals surface area contributed by atoms with Crippen molar-refractivity contribution >= 4 is 28.9 Å². The average Bonchev–Trinajstić information content (AvgIpc) is 2.74. The van der Waals surface area contributed by atoms with E-state index < -0.39 is 11.0 Å². The van der Waals surface area contributed by atoms with Gasteiger partial charge < -0.3 is 10.1 Å². The number of rotatable bonds is 7. The fraction of sp³-hybridized carbons (Fsp3) is 0.391. The van der Waals surface area contributed by atoms with E-state index in [-0.39, 0.29) is 35.7 Å². The fourth-order valence-electron chi connectivity index (χ4n) is 3.70. The van der Waals surface area contributed by atoms with Crippen molar-refractivity contribution in [1.82, 2.24) is 0 Å². The van der Waals surface area contributed by atoms with Crippen molar-refractivity contribution in [2.24, 2.45) is 5.92 Å². The second-order valence-electron chi connectivity index (χ2n) is 7.82. The Kier molecular flexibility index (Phi) is 6.58. The molecular formula is C23H27N3O5. The molecule has 1 aliphatic rings. The van der Waals surface area contributed by atoms with E-state index in [1.165, 1.54) is 23.1 Å². The Morgan fingerprint density at radius 2 is 1.84 bits per heavy atom. The molecule has 0 saturated carbocycles. The minimum Gasteiger partial charge on any atom is -0.478 e. The number of non-ortho nitro benzene ring substituents is 1. The van der Waals surface area contributed by atoms with Crippen LogP contribution in [0.5, 0.6) is 5.75 Å². The van der Waals surface area contributed by atoms with E-state index in [0.717, 1.165) is 29.7 Å². The minimum absolute atomic E-state index is 0.135. The zero-order valence-corrected chi connectivity index (χ0v) is 18.2. The van der Waals surface area contributed by atoms with Crippen molar-refractivity contribution in [2.45, 2.75) is 46.6 Å². The van der Waals surface area contributed by atoms with Crippen LogP contribution in [0.3, 0.4) is 0 Å². The van der Waals surface area contributed by atoms with Crippen LogP contribution < -0.4 is 15.0 Å². The standard InChI is InChI=1S/C23H27N3O5/c1-5-15-8-7-9-16(6-2)21(15)24-20(27)13-25-18-11-10-17(26(29)30)12-19(18)31-22(14(3)4)23(25)28/h7-12,14,22H,5-6,13H2,1-4H3,(H,24,27). The molecule has 0 fully saturated rings. The monoisotopic (exact) mass is 425 g/mol. The van der Waals surface area contributed by atoms with E-state index in [1.54, 1.807) is 0 Å². The van der Waals surface area contributed by atoms with E-state index in [2.05, 4.69) is 5.32 Å². The number of hydrogen-bond acceptors (Lipinski definition) is 5. The molecule has 0 aromatic heterocycles. The molecule has 2 aromatic rings. The van der Waals surface area contributed by atoms with Crippen molar-refractivity contribution in [3.63, 3.8) is 0 Å². The van der Waals surface area contributed by atoms with Gasteiger partial charge >= 0.3 is 0 Å². The van der Waals surface area contributed by atoms with Crippen LogP contribution >= 0.6 is 0 Å². The third-order valence-corrected chi connectivity index (χ3v) is 5.38.